The van der Waals surface area contributed by atoms with Gasteiger partial charge in [0, 0.05) is 17.1 Å². The van der Waals surface area contributed by atoms with Crippen molar-refractivity contribution in [3.63, 3.8) is 0 Å². The van der Waals surface area contributed by atoms with Gasteiger partial charge in [0.2, 0.25) is 0 Å². The summed E-state index contributed by atoms with van der Waals surface area (Å²) >= 11 is 4.63. The fourth-order valence-electron chi connectivity index (χ4n) is 2.37. The first-order valence-electron chi connectivity index (χ1n) is 8.18. The van der Waals surface area contributed by atoms with Gasteiger partial charge in [-0.05, 0) is 26.3 Å². The second kappa shape index (κ2) is 10.3. The third kappa shape index (κ3) is 7.24. The lowest BCUT2D eigenvalue weighted by atomic mass is 9.94. The fourth-order valence-corrected chi connectivity index (χ4v) is 2.82. The van der Waals surface area contributed by atoms with E-state index in [9.17, 15) is 22.8 Å². The number of nitrogens with zero attached hydrogens (tertiary/aromatic N) is 2. The van der Waals surface area contributed by atoms with Crippen molar-refractivity contribution in [1.82, 2.24) is 0 Å². The van der Waals surface area contributed by atoms with Crippen LogP contribution in [-0.2, 0) is 9.47 Å². The van der Waals surface area contributed by atoms with E-state index in [4.69, 9.17) is 9.47 Å². The fraction of sp³-hybridized carbons (Fsp3) is 0.353. The van der Waals surface area contributed by atoms with Gasteiger partial charge in [-0.15, -0.1) is 12.6 Å². The quantitative estimate of drug-likeness (QED) is 0.249. The molecule has 0 aromatic heterocycles. The van der Waals surface area contributed by atoms with E-state index in [1.165, 1.54) is 5.56 Å². The summed E-state index contributed by atoms with van der Waals surface area (Å²) in [5, 5.41) is 0. The number of halogens is 4. The molecule has 1 aliphatic carbocycles. The Morgan fingerprint density at radius 2 is 1.67 bits per heavy atom. The molecule has 0 aliphatic heterocycles. The summed E-state index contributed by atoms with van der Waals surface area (Å²) in [5.74, 6) is 0.639. The van der Waals surface area contributed by atoms with E-state index in [2.05, 4.69) is 17.4 Å². The van der Waals surface area contributed by atoms with E-state index in [-0.39, 0.29) is 0 Å². The first-order valence-corrected chi connectivity index (χ1v) is 8.62. The minimum absolute atomic E-state index is 0.395. The molecule has 0 fully saturated rings. The average molecular weight is 403 g/mol. The minimum atomic E-state index is -6.00. The molecule has 0 heterocycles. The van der Waals surface area contributed by atoms with Crippen LogP contribution in [0.5, 0.6) is 0 Å². The molecule has 1 atom stereocenters. The van der Waals surface area contributed by atoms with Crippen molar-refractivity contribution in [1.29, 1.82) is 0 Å². The number of rotatable bonds is 5. The normalized spacial score (nSPS) is 17.0. The average Bonchev–Trinajstić information content (AvgIpc) is 2.57. The first-order chi connectivity index (χ1) is 12.6. The standard InChI is InChI=1S/C17H20N2O2S.BF4/c1-4-20-14-10-13(19-18)16(21-5-2)17(22)15(14)12-8-6-11(3)7-9-12;2-1(3,4)5/h6-10,16,22H,4-5H2,1-3H3;/q;-1. The summed E-state index contributed by atoms with van der Waals surface area (Å²) in [4.78, 5) is 4.01. The molecular formula is C17H20BF4N2O2S-. The van der Waals surface area contributed by atoms with Crippen molar-refractivity contribution in [2.24, 2.45) is 0 Å². The number of ether oxygens (including phenoxy) is 2. The van der Waals surface area contributed by atoms with Gasteiger partial charge < -0.3 is 32.3 Å². The van der Waals surface area contributed by atoms with Crippen LogP contribution in [0.4, 0.5) is 17.3 Å². The Labute approximate surface area is 161 Å². The van der Waals surface area contributed by atoms with Crippen molar-refractivity contribution in [3.05, 3.63) is 57.7 Å². The highest BCUT2D eigenvalue weighted by atomic mass is 32.1. The number of benzene rings is 1. The summed E-state index contributed by atoms with van der Waals surface area (Å²) in [6.07, 6.45) is 1.22. The van der Waals surface area contributed by atoms with Crippen LogP contribution in [0, 0.1) is 6.92 Å². The molecule has 0 saturated heterocycles. The van der Waals surface area contributed by atoms with Crippen molar-refractivity contribution in [2.45, 2.75) is 26.9 Å². The molecule has 0 spiro atoms. The Hall–Kier alpha value is -2.03. The Morgan fingerprint density at radius 3 is 2.11 bits per heavy atom. The van der Waals surface area contributed by atoms with Crippen LogP contribution in [0.15, 0.2) is 41.0 Å². The van der Waals surface area contributed by atoms with E-state index >= 15 is 0 Å². The Bertz CT molecular complexity index is 751. The van der Waals surface area contributed by atoms with Crippen LogP contribution < -0.4 is 0 Å². The van der Waals surface area contributed by atoms with E-state index in [0.29, 0.717) is 29.6 Å². The first kappa shape index (κ1) is 23.0. The molecule has 2 rings (SSSR count). The third-order valence-electron chi connectivity index (χ3n) is 3.39. The van der Waals surface area contributed by atoms with Crippen LogP contribution in [0.3, 0.4) is 0 Å². The summed E-state index contributed by atoms with van der Waals surface area (Å²) < 4.78 is 50.4. The van der Waals surface area contributed by atoms with Crippen molar-refractivity contribution < 1.29 is 31.5 Å². The zero-order valence-corrected chi connectivity index (χ0v) is 16.0. The maximum atomic E-state index is 9.75. The molecule has 0 bridgehead atoms. The lowest BCUT2D eigenvalue weighted by molar-refractivity contribution is -0.0223. The van der Waals surface area contributed by atoms with E-state index in [0.717, 1.165) is 11.1 Å². The number of hydrogen-bond acceptors (Lipinski definition) is 3. The molecule has 0 radical (unpaired) electrons. The predicted molar refractivity (Wildman–Crippen MR) is 101 cm³/mol. The molecule has 1 aliphatic rings. The van der Waals surface area contributed by atoms with Gasteiger partial charge in [-0.25, -0.2) is 0 Å². The second-order valence-electron chi connectivity index (χ2n) is 5.42. The third-order valence-corrected chi connectivity index (χ3v) is 3.85. The van der Waals surface area contributed by atoms with Crippen LogP contribution in [0.25, 0.3) is 11.1 Å². The van der Waals surface area contributed by atoms with Crippen LogP contribution >= 0.6 is 12.6 Å². The molecule has 1 unspecified atom stereocenters. The van der Waals surface area contributed by atoms with E-state index in [1.807, 2.05) is 45.0 Å². The van der Waals surface area contributed by atoms with Gasteiger partial charge in [0.25, 0.3) is 0 Å². The maximum absolute atomic E-state index is 9.75. The molecule has 1 aromatic rings. The predicted octanol–water partition coefficient (Wildman–Crippen LogP) is 4.95. The van der Waals surface area contributed by atoms with Crippen molar-refractivity contribution >= 4 is 31.2 Å². The SMILES string of the molecule is CCOC1=CC(=[N+]=[N-])C(OCC)C(S)=C1c1ccc(C)cc1.F[B-](F)(F)F. The van der Waals surface area contributed by atoms with Gasteiger partial charge in [0.15, 0.2) is 6.10 Å². The number of hydrogen-bond donors (Lipinski definition) is 1. The zero-order valence-electron chi connectivity index (χ0n) is 15.1. The van der Waals surface area contributed by atoms with Gasteiger partial charge in [-0.3, -0.25) is 0 Å². The Kier molecular flexibility index (Phi) is 8.82. The minimum Gasteiger partial charge on any atom is -0.493 e. The molecule has 148 valence electrons. The largest absolute Gasteiger partial charge is 0.673 e. The van der Waals surface area contributed by atoms with Gasteiger partial charge in [-0.1, -0.05) is 29.8 Å². The molecule has 0 amide bonds. The van der Waals surface area contributed by atoms with Gasteiger partial charge in [0.1, 0.15) is 5.76 Å². The lowest BCUT2D eigenvalue weighted by Crippen LogP contribution is -2.29. The van der Waals surface area contributed by atoms with Gasteiger partial charge >= 0.3 is 13.0 Å². The lowest BCUT2D eigenvalue weighted by Gasteiger charge is -2.23. The van der Waals surface area contributed by atoms with Crippen LogP contribution in [0.2, 0.25) is 0 Å². The summed E-state index contributed by atoms with van der Waals surface area (Å²) in [6, 6.07) is 8.13. The monoisotopic (exact) mass is 403 g/mol. The Morgan fingerprint density at radius 1 is 1.11 bits per heavy atom. The molecule has 1 aromatic carbocycles. The van der Waals surface area contributed by atoms with Crippen LogP contribution in [0.1, 0.15) is 25.0 Å². The zero-order chi connectivity index (χ0) is 20.6. The summed E-state index contributed by atoms with van der Waals surface area (Å²) in [5.41, 5.74) is 12.7. The van der Waals surface area contributed by atoms with Crippen molar-refractivity contribution in [2.75, 3.05) is 13.2 Å². The maximum Gasteiger partial charge on any atom is 0.673 e. The topological polar surface area (TPSA) is 54.9 Å². The molecule has 4 nitrogen and oxygen atoms in total. The Balaban J connectivity index is 0.000000646. The molecule has 27 heavy (non-hydrogen) atoms. The van der Waals surface area contributed by atoms with Gasteiger partial charge in [-0.2, -0.15) is 4.79 Å². The van der Waals surface area contributed by atoms with E-state index in [1.54, 1.807) is 6.08 Å². The molecular weight excluding hydrogens is 383 g/mol. The summed E-state index contributed by atoms with van der Waals surface area (Å²) in [6.45, 7) is 6.85. The number of aryl methyl sites for hydroxylation is 1. The second-order valence-corrected chi connectivity index (χ2v) is 5.90. The van der Waals surface area contributed by atoms with Crippen LogP contribution in [-0.4, -0.2) is 37.1 Å². The molecule has 10 heteroatoms. The highest BCUT2D eigenvalue weighted by molar-refractivity contribution is 7.84. The highest BCUT2D eigenvalue weighted by Gasteiger charge is 2.34. The molecule has 0 N–H and O–H groups in total. The number of allylic oxidation sites excluding steroid dienone is 1. The smallest absolute Gasteiger partial charge is 0.493 e. The van der Waals surface area contributed by atoms with Gasteiger partial charge in [0.05, 0.1) is 12.7 Å². The molecule has 0 saturated carbocycles. The van der Waals surface area contributed by atoms with E-state index < -0.39 is 13.4 Å². The number of thiol groups is 1. The highest BCUT2D eigenvalue weighted by Crippen LogP contribution is 2.36. The summed E-state index contributed by atoms with van der Waals surface area (Å²) in [7, 11) is -6.00. The van der Waals surface area contributed by atoms with Crippen molar-refractivity contribution in [3.8, 4) is 0 Å².